The first-order valence-corrected chi connectivity index (χ1v) is 6.42. The lowest BCUT2D eigenvalue weighted by atomic mass is 10.0. The lowest BCUT2D eigenvalue weighted by Gasteiger charge is -2.06. The van der Waals surface area contributed by atoms with Gasteiger partial charge in [0.25, 0.3) is 5.69 Å². The second kappa shape index (κ2) is 6.09. The molecule has 1 aromatic carbocycles. The molecule has 5 heteroatoms. The molecule has 0 spiro atoms. The maximum Gasteiger partial charge on any atom is 0.270 e. The molecule has 0 fully saturated rings. The molecule has 92 valence electrons. The van der Waals surface area contributed by atoms with Gasteiger partial charge in [-0.1, -0.05) is 19.9 Å². The SMILES string of the molecule is CC(C)CC(=O)Cc1ccc([N+](=O)[O-])cc1I. The number of hydrogen-bond acceptors (Lipinski definition) is 3. The van der Waals surface area contributed by atoms with Gasteiger partial charge in [0.2, 0.25) is 0 Å². The van der Waals surface area contributed by atoms with Crippen LogP contribution in [0.1, 0.15) is 25.8 Å². The van der Waals surface area contributed by atoms with Gasteiger partial charge in [-0.25, -0.2) is 0 Å². The average molecular weight is 347 g/mol. The summed E-state index contributed by atoms with van der Waals surface area (Å²) in [4.78, 5) is 21.8. The zero-order chi connectivity index (χ0) is 13.0. The third-order valence-electron chi connectivity index (χ3n) is 2.27. The maximum absolute atomic E-state index is 11.7. The molecule has 0 saturated heterocycles. The Labute approximate surface area is 114 Å². The smallest absolute Gasteiger partial charge is 0.270 e. The van der Waals surface area contributed by atoms with Crippen molar-refractivity contribution in [3.8, 4) is 0 Å². The van der Waals surface area contributed by atoms with Crippen LogP contribution in [-0.4, -0.2) is 10.7 Å². The molecule has 4 nitrogen and oxygen atoms in total. The van der Waals surface area contributed by atoms with Gasteiger partial charge in [0, 0.05) is 28.5 Å². The number of non-ortho nitro benzene ring substituents is 1. The predicted molar refractivity (Wildman–Crippen MR) is 74.0 cm³/mol. The van der Waals surface area contributed by atoms with E-state index in [0.29, 0.717) is 18.8 Å². The topological polar surface area (TPSA) is 60.2 Å². The van der Waals surface area contributed by atoms with E-state index < -0.39 is 4.92 Å². The van der Waals surface area contributed by atoms with E-state index in [2.05, 4.69) is 0 Å². The molecule has 0 aliphatic rings. The molecule has 0 aliphatic carbocycles. The lowest BCUT2D eigenvalue weighted by molar-refractivity contribution is -0.385. The zero-order valence-electron chi connectivity index (χ0n) is 9.77. The highest BCUT2D eigenvalue weighted by Crippen LogP contribution is 2.20. The Balaban J connectivity index is 2.79. The van der Waals surface area contributed by atoms with Gasteiger partial charge in [0.15, 0.2) is 0 Å². The minimum absolute atomic E-state index is 0.0643. The molecule has 0 bridgehead atoms. The number of carbonyl (C=O) groups excluding carboxylic acids is 1. The second-order valence-electron chi connectivity index (χ2n) is 4.35. The third-order valence-corrected chi connectivity index (χ3v) is 3.28. The number of Topliss-reactive ketones (excluding diaryl/α,β-unsaturated/α-hetero) is 1. The zero-order valence-corrected chi connectivity index (χ0v) is 11.9. The van der Waals surface area contributed by atoms with Crippen LogP contribution >= 0.6 is 22.6 Å². The Kier molecular flexibility index (Phi) is 5.04. The quantitative estimate of drug-likeness (QED) is 0.466. The molecule has 0 saturated carbocycles. The molecule has 1 aromatic rings. The number of halogens is 1. The molecule has 17 heavy (non-hydrogen) atoms. The van der Waals surface area contributed by atoms with Crippen LogP contribution in [0.2, 0.25) is 0 Å². The van der Waals surface area contributed by atoms with Gasteiger partial charge in [0.05, 0.1) is 4.92 Å². The second-order valence-corrected chi connectivity index (χ2v) is 5.51. The van der Waals surface area contributed by atoms with E-state index >= 15 is 0 Å². The Morgan fingerprint density at radius 3 is 2.59 bits per heavy atom. The van der Waals surface area contributed by atoms with Crippen molar-refractivity contribution in [1.29, 1.82) is 0 Å². The van der Waals surface area contributed by atoms with Crippen molar-refractivity contribution < 1.29 is 9.72 Å². The molecule has 0 aliphatic heterocycles. The number of nitrogens with zero attached hydrogens (tertiary/aromatic N) is 1. The summed E-state index contributed by atoms with van der Waals surface area (Å²) in [5.74, 6) is 0.518. The van der Waals surface area contributed by atoms with Crippen LogP contribution in [0, 0.1) is 19.6 Å². The molecule has 0 radical (unpaired) electrons. The molecular weight excluding hydrogens is 333 g/mol. The Morgan fingerprint density at radius 2 is 2.12 bits per heavy atom. The molecule has 0 amide bonds. The Hall–Kier alpha value is -0.980. The highest BCUT2D eigenvalue weighted by molar-refractivity contribution is 14.1. The summed E-state index contributed by atoms with van der Waals surface area (Å²) in [5.41, 5.74) is 0.927. The minimum atomic E-state index is -0.429. The van der Waals surface area contributed by atoms with E-state index in [-0.39, 0.29) is 11.5 Å². The van der Waals surface area contributed by atoms with Gasteiger partial charge >= 0.3 is 0 Å². The molecule has 0 unspecified atom stereocenters. The molecule has 0 aromatic heterocycles. The van der Waals surface area contributed by atoms with Crippen LogP contribution in [0.25, 0.3) is 0 Å². The van der Waals surface area contributed by atoms with Crippen molar-refractivity contribution in [1.82, 2.24) is 0 Å². The fraction of sp³-hybridized carbons (Fsp3) is 0.417. The number of nitro benzene ring substituents is 1. The van der Waals surface area contributed by atoms with Gasteiger partial charge in [-0.05, 0) is 34.1 Å². The average Bonchev–Trinajstić information content (AvgIpc) is 2.19. The largest absolute Gasteiger partial charge is 0.299 e. The fourth-order valence-electron chi connectivity index (χ4n) is 1.53. The van der Waals surface area contributed by atoms with Gasteiger partial charge in [0.1, 0.15) is 5.78 Å². The summed E-state index contributed by atoms with van der Waals surface area (Å²) in [6.45, 7) is 4.00. The lowest BCUT2D eigenvalue weighted by Crippen LogP contribution is -2.07. The third kappa shape index (κ3) is 4.41. The van der Waals surface area contributed by atoms with Crippen molar-refractivity contribution in [2.75, 3.05) is 0 Å². The number of hydrogen-bond donors (Lipinski definition) is 0. The number of nitro groups is 1. The van der Waals surface area contributed by atoms with E-state index in [1.165, 1.54) is 12.1 Å². The van der Waals surface area contributed by atoms with Crippen LogP contribution in [0.15, 0.2) is 18.2 Å². The van der Waals surface area contributed by atoms with Crippen molar-refractivity contribution in [2.24, 2.45) is 5.92 Å². The first-order chi connectivity index (χ1) is 7.90. The number of rotatable bonds is 5. The van der Waals surface area contributed by atoms with Crippen molar-refractivity contribution in [3.05, 3.63) is 37.4 Å². The molecule has 1 rings (SSSR count). The minimum Gasteiger partial charge on any atom is -0.299 e. The van der Waals surface area contributed by atoms with Crippen LogP contribution < -0.4 is 0 Å². The highest BCUT2D eigenvalue weighted by Gasteiger charge is 2.12. The van der Waals surface area contributed by atoms with Crippen LogP contribution in [0.4, 0.5) is 5.69 Å². The monoisotopic (exact) mass is 347 g/mol. The van der Waals surface area contributed by atoms with Crippen LogP contribution in [0.5, 0.6) is 0 Å². The first-order valence-electron chi connectivity index (χ1n) is 5.34. The van der Waals surface area contributed by atoms with Crippen LogP contribution in [0.3, 0.4) is 0 Å². The van der Waals surface area contributed by atoms with E-state index in [1.807, 2.05) is 36.4 Å². The van der Waals surface area contributed by atoms with Crippen molar-refractivity contribution in [3.63, 3.8) is 0 Å². The highest BCUT2D eigenvalue weighted by atomic mass is 127. The van der Waals surface area contributed by atoms with Crippen molar-refractivity contribution >= 4 is 34.1 Å². The predicted octanol–water partition coefficient (Wildman–Crippen LogP) is 3.36. The number of benzene rings is 1. The first kappa shape index (κ1) is 14.1. The summed E-state index contributed by atoms with van der Waals surface area (Å²) >= 11 is 2.03. The van der Waals surface area contributed by atoms with Crippen LogP contribution in [-0.2, 0) is 11.2 Å². The molecule has 0 N–H and O–H groups in total. The van der Waals surface area contributed by atoms with Gasteiger partial charge in [-0.15, -0.1) is 0 Å². The van der Waals surface area contributed by atoms with E-state index in [0.717, 1.165) is 9.13 Å². The Morgan fingerprint density at radius 1 is 1.47 bits per heavy atom. The van der Waals surface area contributed by atoms with Gasteiger partial charge < -0.3 is 0 Å². The maximum atomic E-state index is 11.7. The summed E-state index contributed by atoms with van der Waals surface area (Å²) in [6, 6.07) is 4.61. The standard InChI is InChI=1S/C12H14INO3/c1-8(2)5-11(15)6-9-3-4-10(14(16)17)7-12(9)13/h3-4,7-8H,5-6H2,1-2H3. The molecule has 0 atom stereocenters. The summed E-state index contributed by atoms with van der Waals surface area (Å²) in [6.07, 6.45) is 0.904. The van der Waals surface area contributed by atoms with E-state index in [9.17, 15) is 14.9 Å². The number of ketones is 1. The fourth-order valence-corrected chi connectivity index (χ4v) is 2.22. The van der Waals surface area contributed by atoms with Crippen molar-refractivity contribution in [2.45, 2.75) is 26.7 Å². The Bertz CT molecular complexity index is 443. The molecule has 0 heterocycles. The normalized spacial score (nSPS) is 10.6. The summed E-state index contributed by atoms with van der Waals surface area (Å²) < 4.78 is 0.772. The van der Waals surface area contributed by atoms with E-state index in [1.54, 1.807) is 6.07 Å². The number of carbonyl (C=O) groups is 1. The summed E-state index contributed by atoms with van der Waals surface area (Å²) in [7, 11) is 0. The summed E-state index contributed by atoms with van der Waals surface area (Å²) in [5, 5.41) is 10.6. The molecular formula is C12H14INO3. The van der Waals surface area contributed by atoms with E-state index in [4.69, 9.17) is 0 Å². The van der Waals surface area contributed by atoms with Gasteiger partial charge in [-0.2, -0.15) is 0 Å². The van der Waals surface area contributed by atoms with Gasteiger partial charge in [-0.3, -0.25) is 14.9 Å².